The van der Waals surface area contributed by atoms with Crippen LogP contribution in [0.1, 0.15) is 0 Å². The SMILES string of the molecule is F.F.F.F.F.F.O=[As]([O-])(O)O.[Li+]. The molecule has 0 fully saturated rings. The van der Waals surface area contributed by atoms with Crippen molar-refractivity contribution < 1.29 is 63.1 Å². The number of hydrogen-bond acceptors (Lipinski definition) is 2. The Morgan fingerprint density at radius 1 is 0.833 bits per heavy atom. The fourth-order valence-electron chi connectivity index (χ4n) is 0. The molecule has 0 aliphatic carbocycles. The maximum Gasteiger partial charge on any atom is 1.00 e. The smallest absolute Gasteiger partial charge is 1.00 e. The predicted octanol–water partition coefficient (Wildman–Crippen LogP) is -4.88. The normalized spacial score (nSPS) is 4.92. The molecule has 0 aromatic heterocycles. The molecule has 0 spiro atoms. The maximum atomic E-state index is 8.83. The molecule has 12 heteroatoms. The Kier molecular flexibility index (Phi) is 208. The van der Waals surface area contributed by atoms with Gasteiger partial charge in [0.1, 0.15) is 0 Å². The molecule has 0 bridgehead atoms. The molecule has 0 amide bonds. The van der Waals surface area contributed by atoms with Crippen LogP contribution in [0.25, 0.3) is 0 Å². The third-order valence-corrected chi connectivity index (χ3v) is 0. The van der Waals surface area contributed by atoms with E-state index in [0.29, 0.717) is 0 Å². The predicted molar refractivity (Wildman–Crippen MR) is 25.9 cm³/mol. The number of halogens is 6. The van der Waals surface area contributed by atoms with E-state index in [9.17, 15) is 0 Å². The second-order valence-corrected chi connectivity index (χ2v) is 2.55. The molecule has 0 aromatic carbocycles. The first kappa shape index (κ1) is 83.0. The summed E-state index contributed by atoms with van der Waals surface area (Å²) in [7, 11) is 0. The average molecular weight is 268 g/mol. The zero-order valence-electron chi connectivity index (χ0n) is 5.61. The van der Waals surface area contributed by atoms with Crippen LogP contribution in [0.2, 0.25) is 0 Å². The summed E-state index contributed by atoms with van der Waals surface area (Å²) in [6.07, 6.45) is 0. The van der Waals surface area contributed by atoms with E-state index in [1.54, 1.807) is 0 Å². The van der Waals surface area contributed by atoms with Gasteiger partial charge in [-0.25, -0.2) is 0 Å². The molecule has 0 aliphatic rings. The first-order valence-electron chi connectivity index (χ1n) is 0.765. The molecule has 0 saturated carbocycles. The van der Waals surface area contributed by atoms with Gasteiger partial charge in [0.2, 0.25) is 0 Å². The third kappa shape index (κ3) is 5340. The van der Waals surface area contributed by atoms with E-state index >= 15 is 0 Å². The largest absolute Gasteiger partial charge is 1.00 e. The van der Waals surface area contributed by atoms with Gasteiger partial charge in [0.05, 0.1) is 0 Å². The van der Waals surface area contributed by atoms with Gasteiger partial charge in [-0.1, -0.05) is 0 Å². The molecular weight excluding hydrogens is 260 g/mol. The van der Waals surface area contributed by atoms with E-state index in [1.807, 2.05) is 0 Å². The Hall–Kier alpha value is 0.416. The third-order valence-electron chi connectivity index (χ3n) is 0. The van der Waals surface area contributed by atoms with Crippen LogP contribution in [0.3, 0.4) is 0 Å². The summed E-state index contributed by atoms with van der Waals surface area (Å²) in [5.74, 6) is 0. The average Bonchev–Trinajstić information content (AvgIpc) is 0.722. The summed E-state index contributed by atoms with van der Waals surface area (Å²) < 4.78 is 31.9. The summed E-state index contributed by atoms with van der Waals surface area (Å²) in [6.45, 7) is 0. The zero-order chi connectivity index (χ0) is 4.50. The van der Waals surface area contributed by atoms with Crippen LogP contribution in [0.5, 0.6) is 0 Å². The number of hydrogen-bond donors (Lipinski definition) is 2. The fraction of sp³-hybridized carbons (Fsp3) is 0. The van der Waals surface area contributed by atoms with Crippen LogP contribution in [0, 0.1) is 0 Å². The fourth-order valence-corrected chi connectivity index (χ4v) is 0. The molecule has 0 unspecified atom stereocenters. The van der Waals surface area contributed by atoms with Crippen molar-refractivity contribution in [2.75, 3.05) is 0 Å². The molecular formula is H8AsF6LiO4. The van der Waals surface area contributed by atoms with E-state index in [2.05, 4.69) is 0 Å². The van der Waals surface area contributed by atoms with Crippen molar-refractivity contribution in [1.82, 2.24) is 0 Å². The van der Waals surface area contributed by atoms with Crippen molar-refractivity contribution in [2.24, 2.45) is 0 Å². The van der Waals surface area contributed by atoms with Crippen LogP contribution in [-0.2, 0) is 3.74 Å². The van der Waals surface area contributed by atoms with Crippen molar-refractivity contribution >= 4 is 14.5 Å². The summed E-state index contributed by atoms with van der Waals surface area (Å²) in [5.41, 5.74) is 0. The Balaban J connectivity index is -0.00000000381. The molecule has 80 valence electrons. The van der Waals surface area contributed by atoms with Gasteiger partial charge in [-0.05, 0) is 0 Å². The molecule has 0 rings (SSSR count). The molecule has 2 N–H and O–H groups in total. The standard InChI is InChI=1S/AsH3O4.6FH.Li/c2-1(3,4)5;;;;;;;/h(H3,2,3,4,5);6*1H;/q;;;;;;;+1/p-1. The maximum absolute atomic E-state index is 8.83. The van der Waals surface area contributed by atoms with Gasteiger partial charge in [0.25, 0.3) is 0 Å². The van der Waals surface area contributed by atoms with Gasteiger partial charge >= 0.3 is 49.4 Å². The number of rotatable bonds is 0. The van der Waals surface area contributed by atoms with Crippen LogP contribution in [0.15, 0.2) is 0 Å². The van der Waals surface area contributed by atoms with Crippen molar-refractivity contribution in [3.8, 4) is 0 Å². The van der Waals surface area contributed by atoms with Gasteiger partial charge in [-0.3, -0.25) is 28.2 Å². The van der Waals surface area contributed by atoms with Crippen LogP contribution >= 0.6 is 0 Å². The first-order valence-corrected chi connectivity index (χ1v) is 3.98. The van der Waals surface area contributed by atoms with Gasteiger partial charge in [-0.2, -0.15) is 0 Å². The molecule has 0 heterocycles. The van der Waals surface area contributed by atoms with Crippen LogP contribution in [-0.4, -0.2) is 22.7 Å². The summed E-state index contributed by atoms with van der Waals surface area (Å²) in [4.78, 5) is 0. The molecule has 0 atom stereocenters. The monoisotopic (exact) mass is 268 g/mol. The molecule has 4 nitrogen and oxygen atoms in total. The second kappa shape index (κ2) is 30.1. The summed E-state index contributed by atoms with van der Waals surface area (Å²) >= 11 is -5.38. The minimum atomic E-state index is -5.38. The van der Waals surface area contributed by atoms with E-state index in [1.165, 1.54) is 0 Å². The minimum absolute atomic E-state index is 0. The zero-order valence-corrected chi connectivity index (χ0v) is 7.48. The Morgan fingerprint density at radius 2 is 0.833 bits per heavy atom. The van der Waals surface area contributed by atoms with Gasteiger partial charge < -0.3 is 0 Å². The summed E-state index contributed by atoms with van der Waals surface area (Å²) in [6, 6.07) is 0. The molecule has 0 aliphatic heterocycles. The van der Waals surface area contributed by atoms with E-state index in [0.717, 1.165) is 0 Å². The Morgan fingerprint density at radius 3 is 0.833 bits per heavy atom. The van der Waals surface area contributed by atoms with E-state index in [4.69, 9.17) is 16.0 Å². The Labute approximate surface area is 78.1 Å². The quantitative estimate of drug-likeness (QED) is 0.341. The topological polar surface area (TPSA) is 80.6 Å². The van der Waals surface area contributed by atoms with Gasteiger partial charge in [-0.15, -0.1) is 0 Å². The van der Waals surface area contributed by atoms with E-state index in [-0.39, 0.29) is 47.1 Å². The van der Waals surface area contributed by atoms with Crippen molar-refractivity contribution in [2.45, 2.75) is 0 Å². The van der Waals surface area contributed by atoms with E-state index < -0.39 is 14.5 Å². The van der Waals surface area contributed by atoms with Crippen molar-refractivity contribution in [3.05, 3.63) is 0 Å². The van der Waals surface area contributed by atoms with Crippen molar-refractivity contribution in [1.29, 1.82) is 0 Å². The first-order chi connectivity index (χ1) is 2.00. The Bertz CT molecular complexity index is 65.7. The molecule has 0 saturated heterocycles. The van der Waals surface area contributed by atoms with Gasteiger partial charge in [0.15, 0.2) is 0 Å². The summed E-state index contributed by atoms with van der Waals surface area (Å²) in [5, 5.41) is 0. The van der Waals surface area contributed by atoms with Crippen LogP contribution < -0.4 is 23.0 Å². The molecule has 0 radical (unpaired) electrons. The van der Waals surface area contributed by atoms with Gasteiger partial charge in [0, 0.05) is 0 Å². The second-order valence-electron chi connectivity index (χ2n) is 0.491. The minimum Gasteiger partial charge on any atom is 1.00 e. The molecule has 12 heavy (non-hydrogen) atoms. The molecule has 0 aromatic rings. The van der Waals surface area contributed by atoms with Crippen LogP contribution in [0.4, 0.5) is 28.2 Å². The van der Waals surface area contributed by atoms with Crippen molar-refractivity contribution in [3.63, 3.8) is 0 Å².